The van der Waals surface area contributed by atoms with Crippen LogP contribution in [0.5, 0.6) is 0 Å². The predicted molar refractivity (Wildman–Crippen MR) is 118 cm³/mol. The first-order chi connectivity index (χ1) is 15.6. The zero-order chi connectivity index (χ0) is 23.8. The predicted octanol–water partition coefficient (Wildman–Crippen LogP) is 5.57. The molecule has 1 N–H and O–H groups in total. The van der Waals surface area contributed by atoms with Gasteiger partial charge in [0.05, 0.1) is 27.9 Å². The van der Waals surface area contributed by atoms with E-state index in [1.165, 1.54) is 18.3 Å². The Morgan fingerprint density at radius 2 is 1.76 bits per heavy atom. The van der Waals surface area contributed by atoms with Gasteiger partial charge in [-0.05, 0) is 38.0 Å². The van der Waals surface area contributed by atoms with Crippen molar-refractivity contribution in [1.82, 2.24) is 15.0 Å². The standard InChI is InChI=1S/C23H20ClF3N4O2/c1-22(21(32)33)7-10-31(11-8-22)18-13-29-19(14-2-4-15(5-3-14)23(25,26)27)20(30-18)16-6-9-28-12-17(16)24/h2-6,9,12-13H,7-8,10-11H2,1H3,(H,32,33). The van der Waals surface area contributed by atoms with Gasteiger partial charge in [0.2, 0.25) is 0 Å². The minimum Gasteiger partial charge on any atom is -0.481 e. The molecule has 1 fully saturated rings. The second-order valence-corrected chi connectivity index (χ2v) is 8.62. The fourth-order valence-corrected chi connectivity index (χ4v) is 3.97. The number of aliphatic carboxylic acids is 1. The maximum absolute atomic E-state index is 13.0. The molecule has 2 aromatic heterocycles. The van der Waals surface area contributed by atoms with Crippen LogP contribution in [0.4, 0.5) is 19.0 Å². The van der Waals surface area contributed by atoms with E-state index in [4.69, 9.17) is 16.6 Å². The van der Waals surface area contributed by atoms with Gasteiger partial charge in [0.1, 0.15) is 11.5 Å². The highest BCUT2D eigenvalue weighted by atomic mass is 35.5. The van der Waals surface area contributed by atoms with Crippen LogP contribution in [0.25, 0.3) is 22.5 Å². The van der Waals surface area contributed by atoms with Gasteiger partial charge < -0.3 is 10.0 Å². The summed E-state index contributed by atoms with van der Waals surface area (Å²) < 4.78 is 39.0. The van der Waals surface area contributed by atoms with Crippen LogP contribution in [0.15, 0.2) is 48.9 Å². The Morgan fingerprint density at radius 1 is 1.09 bits per heavy atom. The number of pyridine rings is 1. The van der Waals surface area contributed by atoms with E-state index in [1.807, 2.05) is 4.90 Å². The summed E-state index contributed by atoms with van der Waals surface area (Å²) in [6.07, 6.45) is 1.03. The molecule has 1 aliphatic heterocycles. The van der Waals surface area contributed by atoms with Gasteiger partial charge in [-0.1, -0.05) is 23.7 Å². The average molecular weight is 477 g/mol. The van der Waals surface area contributed by atoms with Crippen LogP contribution in [-0.2, 0) is 11.0 Å². The number of nitrogens with zero attached hydrogens (tertiary/aromatic N) is 4. The lowest BCUT2D eigenvalue weighted by Gasteiger charge is -2.37. The molecule has 0 atom stereocenters. The minimum atomic E-state index is -4.44. The van der Waals surface area contributed by atoms with Crippen LogP contribution in [0, 0.1) is 5.41 Å². The van der Waals surface area contributed by atoms with Crippen molar-refractivity contribution in [3.05, 3.63) is 59.5 Å². The lowest BCUT2D eigenvalue weighted by atomic mass is 9.80. The first-order valence-electron chi connectivity index (χ1n) is 10.2. The van der Waals surface area contributed by atoms with Gasteiger partial charge in [0, 0.05) is 36.6 Å². The first kappa shape index (κ1) is 23.0. The lowest BCUT2D eigenvalue weighted by Crippen LogP contribution is -2.43. The van der Waals surface area contributed by atoms with Crippen LogP contribution in [0.3, 0.4) is 0 Å². The molecular weight excluding hydrogens is 457 g/mol. The highest BCUT2D eigenvalue weighted by Crippen LogP contribution is 2.37. The molecule has 3 heterocycles. The molecule has 4 rings (SSSR count). The molecule has 172 valence electrons. The number of carbonyl (C=O) groups is 1. The molecule has 3 aromatic rings. The van der Waals surface area contributed by atoms with Gasteiger partial charge in [-0.3, -0.25) is 14.8 Å². The summed E-state index contributed by atoms with van der Waals surface area (Å²) >= 11 is 6.36. The van der Waals surface area contributed by atoms with Crippen molar-refractivity contribution in [2.24, 2.45) is 5.41 Å². The van der Waals surface area contributed by atoms with E-state index in [-0.39, 0.29) is 0 Å². The van der Waals surface area contributed by atoms with Crippen LogP contribution in [0.1, 0.15) is 25.3 Å². The maximum Gasteiger partial charge on any atom is 0.416 e. The monoisotopic (exact) mass is 476 g/mol. The van der Waals surface area contributed by atoms with E-state index < -0.39 is 23.1 Å². The molecule has 1 aliphatic rings. The van der Waals surface area contributed by atoms with E-state index >= 15 is 0 Å². The Balaban J connectivity index is 1.74. The van der Waals surface area contributed by atoms with Gasteiger partial charge in [-0.15, -0.1) is 0 Å². The third kappa shape index (κ3) is 4.64. The van der Waals surface area contributed by atoms with E-state index in [9.17, 15) is 23.1 Å². The molecule has 0 aliphatic carbocycles. The van der Waals surface area contributed by atoms with Crippen LogP contribution < -0.4 is 4.90 Å². The van der Waals surface area contributed by atoms with Crippen LogP contribution in [-0.4, -0.2) is 39.1 Å². The zero-order valence-electron chi connectivity index (χ0n) is 17.6. The molecule has 0 spiro atoms. The van der Waals surface area contributed by atoms with E-state index in [0.717, 1.165) is 12.1 Å². The SMILES string of the molecule is CC1(C(=O)O)CCN(c2cnc(-c3ccc(C(F)(F)F)cc3)c(-c3ccncc3Cl)n2)CC1. The Labute approximate surface area is 193 Å². The van der Waals surface area contributed by atoms with Crippen molar-refractivity contribution < 1.29 is 23.1 Å². The van der Waals surface area contributed by atoms with Gasteiger partial charge in [-0.25, -0.2) is 4.98 Å². The molecule has 0 radical (unpaired) electrons. The number of hydrogen-bond acceptors (Lipinski definition) is 5. The third-order valence-electron chi connectivity index (χ3n) is 5.98. The zero-order valence-corrected chi connectivity index (χ0v) is 18.4. The Kier molecular flexibility index (Phi) is 6.00. The number of rotatable bonds is 4. The van der Waals surface area contributed by atoms with Crippen molar-refractivity contribution in [2.45, 2.75) is 25.9 Å². The van der Waals surface area contributed by atoms with E-state index in [0.29, 0.717) is 59.3 Å². The van der Waals surface area contributed by atoms with E-state index in [2.05, 4.69) is 9.97 Å². The highest BCUT2D eigenvalue weighted by molar-refractivity contribution is 6.33. The molecule has 10 heteroatoms. The maximum atomic E-state index is 13.0. The molecule has 33 heavy (non-hydrogen) atoms. The summed E-state index contributed by atoms with van der Waals surface area (Å²) in [5, 5.41) is 9.80. The quantitative estimate of drug-likeness (QED) is 0.530. The van der Waals surface area contributed by atoms with Gasteiger partial charge in [0.25, 0.3) is 0 Å². The number of piperidine rings is 1. The Bertz CT molecular complexity index is 1180. The molecule has 0 saturated carbocycles. The Morgan fingerprint density at radius 3 is 2.33 bits per heavy atom. The summed E-state index contributed by atoms with van der Waals surface area (Å²) in [6, 6.07) is 6.37. The summed E-state index contributed by atoms with van der Waals surface area (Å²) in [5.41, 5.74) is 0.250. The normalized spacial score (nSPS) is 16.0. The molecule has 1 aromatic carbocycles. The van der Waals surface area contributed by atoms with Crippen LogP contribution >= 0.6 is 11.6 Å². The number of hydrogen-bond donors (Lipinski definition) is 1. The number of alkyl halides is 3. The van der Waals surface area contributed by atoms with E-state index in [1.54, 1.807) is 25.4 Å². The first-order valence-corrected chi connectivity index (χ1v) is 10.6. The molecule has 0 unspecified atom stereocenters. The van der Waals surface area contributed by atoms with Crippen molar-refractivity contribution in [3.63, 3.8) is 0 Å². The average Bonchev–Trinajstić information content (AvgIpc) is 2.79. The van der Waals surface area contributed by atoms with Crippen molar-refractivity contribution in [1.29, 1.82) is 0 Å². The second kappa shape index (κ2) is 8.62. The summed E-state index contributed by atoms with van der Waals surface area (Å²) in [6.45, 7) is 2.70. The number of carboxylic acids is 1. The summed E-state index contributed by atoms with van der Waals surface area (Å²) in [5.74, 6) is -0.281. The molecule has 0 bridgehead atoms. The fraction of sp³-hybridized carbons (Fsp3) is 0.304. The fourth-order valence-electron chi connectivity index (χ4n) is 3.76. The van der Waals surface area contributed by atoms with Gasteiger partial charge >= 0.3 is 12.1 Å². The molecule has 0 amide bonds. The van der Waals surface area contributed by atoms with Gasteiger partial charge in [-0.2, -0.15) is 13.2 Å². The Hall–Kier alpha value is -3.20. The third-order valence-corrected chi connectivity index (χ3v) is 6.28. The number of aromatic nitrogens is 3. The lowest BCUT2D eigenvalue weighted by molar-refractivity contribution is -0.149. The van der Waals surface area contributed by atoms with Crippen molar-refractivity contribution in [3.8, 4) is 22.5 Å². The number of anilines is 1. The van der Waals surface area contributed by atoms with Gasteiger partial charge in [0.15, 0.2) is 0 Å². The molecule has 6 nitrogen and oxygen atoms in total. The topological polar surface area (TPSA) is 79.2 Å². The number of benzene rings is 1. The second-order valence-electron chi connectivity index (χ2n) is 8.21. The molecule has 1 saturated heterocycles. The number of carboxylic acid groups (broad SMARTS) is 1. The van der Waals surface area contributed by atoms with Crippen molar-refractivity contribution in [2.75, 3.05) is 18.0 Å². The minimum absolute atomic E-state index is 0.328. The smallest absolute Gasteiger partial charge is 0.416 e. The molecular formula is C23H20ClF3N4O2. The van der Waals surface area contributed by atoms with Crippen LogP contribution in [0.2, 0.25) is 5.02 Å². The summed E-state index contributed by atoms with van der Waals surface area (Å²) in [7, 11) is 0. The van der Waals surface area contributed by atoms with Crippen molar-refractivity contribution >= 4 is 23.4 Å². The summed E-state index contributed by atoms with van der Waals surface area (Å²) in [4.78, 5) is 26.8. The highest BCUT2D eigenvalue weighted by Gasteiger charge is 2.37. The number of halogens is 4. The largest absolute Gasteiger partial charge is 0.481 e.